The summed E-state index contributed by atoms with van der Waals surface area (Å²) in [6, 6.07) is 14.6. The summed E-state index contributed by atoms with van der Waals surface area (Å²) in [6.07, 6.45) is 11.8. The highest BCUT2D eigenvalue weighted by molar-refractivity contribution is 5.87. The minimum absolute atomic E-state index is 0.00738. The fourth-order valence-electron chi connectivity index (χ4n) is 6.35. The van der Waals surface area contributed by atoms with Crippen molar-refractivity contribution in [2.75, 3.05) is 46.2 Å². The molecule has 1 fully saturated rings. The van der Waals surface area contributed by atoms with Gasteiger partial charge in [0, 0.05) is 56.3 Å². The zero-order valence-electron chi connectivity index (χ0n) is 28.9. The summed E-state index contributed by atoms with van der Waals surface area (Å²) in [7, 11) is 0. The van der Waals surface area contributed by atoms with E-state index in [1.54, 1.807) is 6.07 Å². The third-order valence-electron chi connectivity index (χ3n) is 9.40. The maximum Gasteiger partial charge on any atom is 0.333 e. The van der Waals surface area contributed by atoms with Crippen LogP contribution in [0.2, 0.25) is 0 Å². The number of hydrogen-bond acceptors (Lipinski definition) is 8. The molecule has 0 unspecified atom stereocenters. The van der Waals surface area contributed by atoms with E-state index in [1.807, 2.05) is 12.1 Å². The van der Waals surface area contributed by atoms with Crippen molar-refractivity contribution in [3.8, 4) is 22.6 Å². The Kier molecular flexibility index (Phi) is 17.8. The number of unbranched alkanes of at least 4 members (excludes halogenated alkanes) is 2. The van der Waals surface area contributed by atoms with E-state index in [4.69, 9.17) is 14.2 Å². The fourth-order valence-corrected chi connectivity index (χ4v) is 6.35. The van der Waals surface area contributed by atoms with Crippen molar-refractivity contribution in [1.82, 2.24) is 0 Å². The van der Waals surface area contributed by atoms with Gasteiger partial charge in [-0.25, -0.2) is 4.79 Å². The largest absolute Gasteiger partial charge is 0.493 e. The number of rotatable bonds is 23. The SMILES string of the molecule is C=C(CCOc1cc(OCCOC(=O)C(=C)CC(CO)CO)cc(-c2ccc(C3CCC(CCCCC)CC3)cc2)c1)CC(CO)CO. The van der Waals surface area contributed by atoms with Crippen LogP contribution in [0.3, 0.4) is 0 Å². The molecule has 0 aromatic heterocycles. The maximum atomic E-state index is 12.3. The van der Waals surface area contributed by atoms with Crippen LogP contribution >= 0.6 is 0 Å². The van der Waals surface area contributed by atoms with Crippen LogP contribution in [0, 0.1) is 17.8 Å². The lowest BCUT2D eigenvalue weighted by Gasteiger charge is -2.29. The highest BCUT2D eigenvalue weighted by atomic mass is 16.6. The average molecular weight is 667 g/mol. The van der Waals surface area contributed by atoms with Crippen LogP contribution in [0.1, 0.15) is 89.0 Å². The quantitative estimate of drug-likeness (QED) is 0.0433. The monoisotopic (exact) mass is 666 g/mol. The van der Waals surface area contributed by atoms with Crippen molar-refractivity contribution in [1.29, 1.82) is 0 Å². The molecular formula is C40H58O8. The number of carbonyl (C=O) groups is 1. The average Bonchev–Trinajstić information content (AvgIpc) is 3.11. The molecule has 0 amide bonds. The van der Waals surface area contributed by atoms with Crippen molar-refractivity contribution in [2.24, 2.45) is 17.8 Å². The third-order valence-corrected chi connectivity index (χ3v) is 9.40. The second-order valence-corrected chi connectivity index (χ2v) is 13.3. The lowest BCUT2D eigenvalue weighted by Crippen LogP contribution is -2.18. The van der Waals surface area contributed by atoms with E-state index in [0.29, 0.717) is 36.9 Å². The van der Waals surface area contributed by atoms with Gasteiger partial charge in [-0.2, -0.15) is 0 Å². The van der Waals surface area contributed by atoms with Gasteiger partial charge in [-0.05, 0) is 79.2 Å². The van der Waals surface area contributed by atoms with Gasteiger partial charge >= 0.3 is 5.97 Å². The van der Waals surface area contributed by atoms with Crippen LogP contribution in [0.4, 0.5) is 0 Å². The van der Waals surface area contributed by atoms with Crippen molar-refractivity contribution in [3.05, 3.63) is 72.3 Å². The molecule has 0 heterocycles. The smallest absolute Gasteiger partial charge is 0.333 e. The second-order valence-electron chi connectivity index (χ2n) is 13.3. The van der Waals surface area contributed by atoms with Crippen LogP contribution in [0.15, 0.2) is 66.8 Å². The Bertz CT molecular complexity index is 1240. The van der Waals surface area contributed by atoms with Crippen LogP contribution in [0.25, 0.3) is 11.1 Å². The molecule has 2 aromatic rings. The molecule has 1 aliphatic rings. The van der Waals surface area contributed by atoms with Crippen LogP contribution in [-0.2, 0) is 9.53 Å². The molecule has 1 aliphatic carbocycles. The molecule has 0 aliphatic heterocycles. The lowest BCUT2D eigenvalue weighted by atomic mass is 9.77. The van der Waals surface area contributed by atoms with Crippen molar-refractivity contribution >= 4 is 5.97 Å². The molecule has 2 aromatic carbocycles. The summed E-state index contributed by atoms with van der Waals surface area (Å²) in [5.74, 6) is 1.43. The third kappa shape index (κ3) is 13.4. The first-order valence-corrected chi connectivity index (χ1v) is 17.8. The summed E-state index contributed by atoms with van der Waals surface area (Å²) in [6.45, 7) is 9.90. The Labute approximate surface area is 287 Å². The molecule has 0 saturated heterocycles. The first-order valence-electron chi connectivity index (χ1n) is 17.8. The fraction of sp³-hybridized carbons (Fsp3) is 0.575. The Morgan fingerprint density at radius 3 is 1.98 bits per heavy atom. The topological polar surface area (TPSA) is 126 Å². The van der Waals surface area contributed by atoms with E-state index >= 15 is 0 Å². The number of carbonyl (C=O) groups excluding carboxylic acids is 1. The molecule has 8 heteroatoms. The highest BCUT2D eigenvalue weighted by Crippen LogP contribution is 2.39. The molecule has 0 radical (unpaired) electrons. The highest BCUT2D eigenvalue weighted by Gasteiger charge is 2.22. The number of aliphatic hydroxyl groups excluding tert-OH is 4. The Morgan fingerprint density at radius 2 is 1.38 bits per heavy atom. The van der Waals surface area contributed by atoms with Crippen LogP contribution in [0.5, 0.6) is 11.5 Å². The Morgan fingerprint density at radius 1 is 0.771 bits per heavy atom. The molecule has 8 nitrogen and oxygen atoms in total. The Hall–Kier alpha value is -3.17. The molecular weight excluding hydrogens is 608 g/mol. The van der Waals surface area contributed by atoms with E-state index in [2.05, 4.69) is 44.3 Å². The van der Waals surface area contributed by atoms with Crippen LogP contribution in [-0.4, -0.2) is 72.6 Å². The van der Waals surface area contributed by atoms with E-state index in [1.165, 1.54) is 56.9 Å². The van der Waals surface area contributed by atoms with Crippen molar-refractivity contribution in [3.63, 3.8) is 0 Å². The number of hydrogen-bond donors (Lipinski definition) is 4. The van der Waals surface area contributed by atoms with Gasteiger partial charge in [0.15, 0.2) is 0 Å². The van der Waals surface area contributed by atoms with Crippen molar-refractivity contribution < 1.29 is 39.4 Å². The summed E-state index contributed by atoms with van der Waals surface area (Å²) < 4.78 is 17.4. The number of ether oxygens (including phenoxy) is 3. The van der Waals surface area contributed by atoms with Gasteiger partial charge in [-0.1, -0.05) is 75.6 Å². The van der Waals surface area contributed by atoms with Gasteiger partial charge in [-0.3, -0.25) is 0 Å². The summed E-state index contributed by atoms with van der Waals surface area (Å²) >= 11 is 0. The van der Waals surface area contributed by atoms with Gasteiger partial charge < -0.3 is 34.6 Å². The minimum atomic E-state index is -0.585. The van der Waals surface area contributed by atoms with Crippen LogP contribution < -0.4 is 9.47 Å². The van der Waals surface area contributed by atoms with E-state index in [-0.39, 0.29) is 57.6 Å². The molecule has 3 rings (SSSR count). The zero-order valence-corrected chi connectivity index (χ0v) is 28.9. The maximum absolute atomic E-state index is 12.3. The summed E-state index contributed by atoms with van der Waals surface area (Å²) in [5.41, 5.74) is 4.47. The molecule has 266 valence electrons. The molecule has 0 spiro atoms. The first-order chi connectivity index (χ1) is 23.3. The lowest BCUT2D eigenvalue weighted by molar-refractivity contribution is -0.140. The van der Waals surface area contributed by atoms with E-state index in [0.717, 1.165) is 22.6 Å². The van der Waals surface area contributed by atoms with E-state index < -0.39 is 11.9 Å². The number of aliphatic hydroxyl groups is 4. The molecule has 0 bridgehead atoms. The molecule has 48 heavy (non-hydrogen) atoms. The zero-order chi connectivity index (χ0) is 34.7. The Balaban J connectivity index is 1.64. The van der Waals surface area contributed by atoms with Gasteiger partial charge in [0.1, 0.15) is 24.7 Å². The summed E-state index contributed by atoms with van der Waals surface area (Å²) in [4.78, 5) is 12.3. The van der Waals surface area contributed by atoms with Gasteiger partial charge in [0.05, 0.1) is 6.61 Å². The standard InChI is InChI=1S/C40H58O8/c1-4-5-6-7-31-8-10-34(11-9-31)35-12-14-36(15-13-35)37-22-38(46-17-16-29(2)20-32(25-41)26-42)24-39(23-37)47-18-19-48-40(45)30(3)21-33(27-43)28-44/h12-15,22-24,31-34,41-44H,2-11,16-21,25-28H2,1H3. The van der Waals surface area contributed by atoms with Gasteiger partial charge in [-0.15, -0.1) is 0 Å². The number of benzene rings is 2. The van der Waals surface area contributed by atoms with Gasteiger partial charge in [0.2, 0.25) is 0 Å². The molecule has 4 N–H and O–H groups in total. The predicted molar refractivity (Wildman–Crippen MR) is 190 cm³/mol. The second kappa shape index (κ2) is 21.7. The molecule has 0 atom stereocenters. The minimum Gasteiger partial charge on any atom is -0.493 e. The predicted octanol–water partition coefficient (Wildman–Crippen LogP) is 6.99. The molecule has 1 saturated carbocycles. The first kappa shape index (κ1) is 39.3. The summed E-state index contributed by atoms with van der Waals surface area (Å²) in [5, 5.41) is 37.3. The number of esters is 1. The van der Waals surface area contributed by atoms with Crippen molar-refractivity contribution in [2.45, 2.75) is 83.5 Å². The van der Waals surface area contributed by atoms with E-state index in [9.17, 15) is 25.2 Å². The normalized spacial score (nSPS) is 16.2. The van der Waals surface area contributed by atoms with Gasteiger partial charge in [0.25, 0.3) is 0 Å².